The highest BCUT2D eigenvalue weighted by Gasteiger charge is 2.35. The molecule has 0 unspecified atom stereocenters. The van der Waals surface area contributed by atoms with Gasteiger partial charge < -0.3 is 18.9 Å². The van der Waals surface area contributed by atoms with Crippen molar-refractivity contribution in [3.8, 4) is 11.4 Å². The summed E-state index contributed by atoms with van der Waals surface area (Å²) in [6.07, 6.45) is 1.15. The molecule has 1 aliphatic rings. The lowest BCUT2D eigenvalue weighted by molar-refractivity contribution is -0.143. The fraction of sp³-hybridized carbons (Fsp3) is 0.471. The monoisotopic (exact) mass is 331 g/mol. The normalized spacial score (nSPS) is 20.1. The van der Waals surface area contributed by atoms with Crippen LogP contribution in [-0.4, -0.2) is 59.5 Å². The standard InChI is InChI=1S/C17H21N3O4/c1-17(2)10-20(8-14(24-17)9-22-3)16(21)13-6-4-12(5-7-13)15-18-11-23-19-15/h4-7,11,14H,8-10H2,1-3H3/t14-/m1/s1. The van der Waals surface area contributed by atoms with Crippen molar-refractivity contribution in [2.24, 2.45) is 0 Å². The molecule has 7 heteroatoms. The van der Waals surface area contributed by atoms with Crippen LogP contribution in [0.4, 0.5) is 0 Å². The lowest BCUT2D eigenvalue weighted by atomic mass is 10.0. The summed E-state index contributed by atoms with van der Waals surface area (Å²) in [5.74, 6) is 0.480. The Morgan fingerprint density at radius 3 is 2.75 bits per heavy atom. The fourth-order valence-electron chi connectivity index (χ4n) is 2.97. The van der Waals surface area contributed by atoms with Crippen LogP contribution in [0.5, 0.6) is 0 Å². The van der Waals surface area contributed by atoms with E-state index in [1.54, 1.807) is 19.2 Å². The lowest BCUT2D eigenvalue weighted by Crippen LogP contribution is -2.55. The zero-order valence-corrected chi connectivity index (χ0v) is 14.1. The number of methoxy groups -OCH3 is 1. The first-order chi connectivity index (χ1) is 11.5. The van der Waals surface area contributed by atoms with Crippen LogP contribution in [0.2, 0.25) is 0 Å². The second-order valence-corrected chi connectivity index (χ2v) is 6.47. The van der Waals surface area contributed by atoms with Crippen molar-refractivity contribution >= 4 is 5.91 Å². The van der Waals surface area contributed by atoms with Gasteiger partial charge in [-0.1, -0.05) is 17.3 Å². The van der Waals surface area contributed by atoms with Crippen molar-refractivity contribution in [3.63, 3.8) is 0 Å². The van der Waals surface area contributed by atoms with Crippen molar-refractivity contribution in [3.05, 3.63) is 36.2 Å². The van der Waals surface area contributed by atoms with Crippen LogP contribution in [0.1, 0.15) is 24.2 Å². The smallest absolute Gasteiger partial charge is 0.254 e. The van der Waals surface area contributed by atoms with Crippen molar-refractivity contribution in [1.82, 2.24) is 15.0 Å². The van der Waals surface area contributed by atoms with Crippen LogP contribution in [0.15, 0.2) is 35.2 Å². The maximum Gasteiger partial charge on any atom is 0.254 e. The van der Waals surface area contributed by atoms with E-state index >= 15 is 0 Å². The highest BCUT2D eigenvalue weighted by Crippen LogP contribution is 2.23. The number of amides is 1. The van der Waals surface area contributed by atoms with Crippen LogP contribution in [0.3, 0.4) is 0 Å². The summed E-state index contributed by atoms with van der Waals surface area (Å²) in [6, 6.07) is 7.19. The number of nitrogens with zero attached hydrogens (tertiary/aromatic N) is 3. The number of carbonyl (C=O) groups excluding carboxylic acids is 1. The number of hydrogen-bond donors (Lipinski definition) is 0. The summed E-state index contributed by atoms with van der Waals surface area (Å²) in [6.45, 7) is 5.48. The molecule has 128 valence electrons. The Labute approximate surface area is 140 Å². The van der Waals surface area contributed by atoms with E-state index in [-0.39, 0.29) is 12.0 Å². The third-order valence-corrected chi connectivity index (χ3v) is 3.87. The minimum Gasteiger partial charge on any atom is -0.382 e. The SMILES string of the molecule is COC[C@H]1CN(C(=O)c2ccc(-c3ncon3)cc2)CC(C)(C)O1. The van der Waals surface area contributed by atoms with E-state index in [9.17, 15) is 4.79 Å². The predicted molar refractivity (Wildman–Crippen MR) is 86.5 cm³/mol. The maximum absolute atomic E-state index is 12.8. The molecule has 1 aromatic carbocycles. The molecule has 1 fully saturated rings. The van der Waals surface area contributed by atoms with Gasteiger partial charge in [0.15, 0.2) is 0 Å². The zero-order valence-electron chi connectivity index (χ0n) is 14.1. The molecule has 0 saturated carbocycles. The third kappa shape index (κ3) is 3.63. The number of ether oxygens (including phenoxy) is 2. The van der Waals surface area contributed by atoms with Gasteiger partial charge in [0.05, 0.1) is 18.3 Å². The van der Waals surface area contributed by atoms with Gasteiger partial charge in [0.2, 0.25) is 12.2 Å². The minimum atomic E-state index is -0.401. The summed E-state index contributed by atoms with van der Waals surface area (Å²) < 4.78 is 15.9. The number of benzene rings is 1. The van der Waals surface area contributed by atoms with Crippen molar-refractivity contribution < 1.29 is 18.8 Å². The van der Waals surface area contributed by atoms with Gasteiger partial charge in [-0.25, -0.2) is 0 Å². The van der Waals surface area contributed by atoms with Crippen LogP contribution < -0.4 is 0 Å². The minimum absolute atomic E-state index is 0.0212. The van der Waals surface area contributed by atoms with E-state index in [0.717, 1.165) is 5.56 Å². The lowest BCUT2D eigenvalue weighted by Gasteiger charge is -2.42. The van der Waals surface area contributed by atoms with Gasteiger partial charge in [0.1, 0.15) is 0 Å². The first-order valence-corrected chi connectivity index (χ1v) is 7.81. The molecule has 0 spiro atoms. The Kier molecular flexibility index (Phi) is 4.64. The van der Waals surface area contributed by atoms with E-state index in [1.807, 2.05) is 30.9 Å². The van der Waals surface area contributed by atoms with Gasteiger partial charge in [0.25, 0.3) is 5.91 Å². The first kappa shape index (κ1) is 16.6. The quantitative estimate of drug-likeness (QED) is 0.853. The Hall–Kier alpha value is -2.25. The molecule has 1 amide bonds. The maximum atomic E-state index is 12.8. The van der Waals surface area contributed by atoms with Crippen molar-refractivity contribution in [2.75, 3.05) is 26.8 Å². The molecule has 1 aromatic heterocycles. The Bertz CT molecular complexity index is 682. The fourth-order valence-corrected chi connectivity index (χ4v) is 2.97. The molecule has 0 bridgehead atoms. The van der Waals surface area contributed by atoms with E-state index in [2.05, 4.69) is 10.1 Å². The molecule has 24 heavy (non-hydrogen) atoms. The van der Waals surface area contributed by atoms with Gasteiger partial charge in [-0.05, 0) is 26.0 Å². The van der Waals surface area contributed by atoms with E-state index in [0.29, 0.717) is 31.1 Å². The predicted octanol–water partition coefficient (Wildman–Crippen LogP) is 2.00. The van der Waals surface area contributed by atoms with Crippen molar-refractivity contribution in [2.45, 2.75) is 25.6 Å². The molecule has 1 saturated heterocycles. The van der Waals surface area contributed by atoms with Crippen molar-refractivity contribution in [1.29, 1.82) is 0 Å². The van der Waals surface area contributed by atoms with Gasteiger partial charge in [0, 0.05) is 31.3 Å². The summed E-state index contributed by atoms with van der Waals surface area (Å²) in [5.41, 5.74) is 1.03. The molecule has 0 aliphatic carbocycles. The molecule has 1 atom stereocenters. The molecular weight excluding hydrogens is 310 g/mol. The average Bonchev–Trinajstić information content (AvgIpc) is 3.07. The first-order valence-electron chi connectivity index (χ1n) is 7.81. The second-order valence-electron chi connectivity index (χ2n) is 6.47. The largest absolute Gasteiger partial charge is 0.382 e. The number of rotatable bonds is 4. The molecule has 7 nitrogen and oxygen atoms in total. The van der Waals surface area contributed by atoms with E-state index in [4.69, 9.17) is 14.0 Å². The topological polar surface area (TPSA) is 77.7 Å². The number of aromatic nitrogens is 2. The Morgan fingerprint density at radius 2 is 2.12 bits per heavy atom. The molecule has 2 aromatic rings. The summed E-state index contributed by atoms with van der Waals surface area (Å²) >= 11 is 0. The number of morpholine rings is 1. The van der Waals surface area contributed by atoms with Gasteiger partial charge in [-0.2, -0.15) is 4.98 Å². The number of hydrogen-bond acceptors (Lipinski definition) is 6. The van der Waals surface area contributed by atoms with Crippen LogP contribution in [0.25, 0.3) is 11.4 Å². The molecule has 3 rings (SSSR count). The molecule has 1 aliphatic heterocycles. The molecule has 0 radical (unpaired) electrons. The molecule has 2 heterocycles. The van der Waals surface area contributed by atoms with Crippen LogP contribution in [-0.2, 0) is 9.47 Å². The summed E-state index contributed by atoms with van der Waals surface area (Å²) in [5, 5.41) is 3.79. The highest BCUT2D eigenvalue weighted by atomic mass is 16.5. The summed E-state index contributed by atoms with van der Waals surface area (Å²) in [7, 11) is 1.63. The van der Waals surface area contributed by atoms with Crippen LogP contribution >= 0.6 is 0 Å². The van der Waals surface area contributed by atoms with Gasteiger partial charge in [-0.3, -0.25) is 4.79 Å². The van der Waals surface area contributed by atoms with Crippen LogP contribution in [0, 0.1) is 0 Å². The average molecular weight is 331 g/mol. The molecule has 0 N–H and O–H groups in total. The summed E-state index contributed by atoms with van der Waals surface area (Å²) in [4.78, 5) is 18.6. The molecular formula is C17H21N3O4. The van der Waals surface area contributed by atoms with E-state index < -0.39 is 5.60 Å². The third-order valence-electron chi connectivity index (χ3n) is 3.87. The Balaban J connectivity index is 1.75. The second kappa shape index (κ2) is 6.70. The van der Waals surface area contributed by atoms with E-state index in [1.165, 1.54) is 6.39 Å². The highest BCUT2D eigenvalue weighted by molar-refractivity contribution is 5.94. The zero-order chi connectivity index (χ0) is 17.2. The number of carbonyl (C=O) groups is 1. The van der Waals surface area contributed by atoms with Gasteiger partial charge >= 0.3 is 0 Å². The Morgan fingerprint density at radius 1 is 1.38 bits per heavy atom. The van der Waals surface area contributed by atoms with Gasteiger partial charge in [-0.15, -0.1) is 0 Å².